The van der Waals surface area contributed by atoms with Gasteiger partial charge in [0.05, 0.1) is 42.7 Å². The molecule has 1 aliphatic rings. The van der Waals surface area contributed by atoms with Gasteiger partial charge in [0.25, 0.3) is 5.56 Å². The van der Waals surface area contributed by atoms with E-state index in [1.165, 1.54) is 11.3 Å². The van der Waals surface area contributed by atoms with Crippen LogP contribution < -0.4 is 29.1 Å². The van der Waals surface area contributed by atoms with Crippen molar-refractivity contribution in [2.45, 2.75) is 26.5 Å². The van der Waals surface area contributed by atoms with Crippen molar-refractivity contribution in [2.24, 2.45) is 4.99 Å². The largest absolute Gasteiger partial charge is 0.497 e. The molecule has 1 aromatic heterocycles. The van der Waals surface area contributed by atoms with Crippen LogP contribution in [0.25, 0.3) is 16.8 Å². The molecule has 0 spiro atoms. The molecule has 9 heteroatoms. The lowest BCUT2D eigenvalue weighted by atomic mass is 9.96. The molecule has 1 unspecified atom stereocenters. The molecule has 0 N–H and O–H groups in total. The number of hydrogen-bond donors (Lipinski definition) is 0. The number of carbonyl (C=O) groups is 1. The second-order valence-electron chi connectivity index (χ2n) is 10.4. The SMILES string of the molecule is CCOC(=O)C1=C(C)N=c2s/c(=C/c3ccc(OCc4cccc5ccccc45)c(OC)c3)c(=O)n2C1c1ccc(OC)cc1. The highest BCUT2D eigenvalue weighted by molar-refractivity contribution is 7.07. The number of nitrogens with zero attached hydrogens (tertiary/aromatic N) is 2. The first-order valence-corrected chi connectivity index (χ1v) is 15.3. The Labute approximate surface area is 264 Å². The molecule has 0 saturated heterocycles. The van der Waals surface area contributed by atoms with Gasteiger partial charge in [0.1, 0.15) is 12.4 Å². The van der Waals surface area contributed by atoms with Crippen LogP contribution in [0.3, 0.4) is 0 Å². The number of methoxy groups -OCH3 is 2. The maximum Gasteiger partial charge on any atom is 0.338 e. The van der Waals surface area contributed by atoms with Crippen molar-refractivity contribution in [1.82, 2.24) is 4.57 Å². The molecule has 6 rings (SSSR count). The highest BCUT2D eigenvalue weighted by Gasteiger charge is 2.33. The molecule has 0 fully saturated rings. The minimum absolute atomic E-state index is 0.207. The predicted octanol–water partition coefficient (Wildman–Crippen LogP) is 5.55. The molecule has 1 aliphatic heterocycles. The van der Waals surface area contributed by atoms with E-state index in [1.54, 1.807) is 50.8 Å². The Bertz CT molecular complexity index is 2110. The van der Waals surface area contributed by atoms with Crippen LogP contribution in [-0.4, -0.2) is 31.4 Å². The summed E-state index contributed by atoms with van der Waals surface area (Å²) in [4.78, 5) is 32.3. The summed E-state index contributed by atoms with van der Waals surface area (Å²) in [6.07, 6.45) is 1.80. The summed E-state index contributed by atoms with van der Waals surface area (Å²) in [6, 6.07) is 26.5. The summed E-state index contributed by atoms with van der Waals surface area (Å²) < 4.78 is 24.6. The van der Waals surface area contributed by atoms with Crippen molar-refractivity contribution in [3.8, 4) is 17.2 Å². The lowest BCUT2D eigenvalue weighted by Crippen LogP contribution is -2.39. The molecule has 8 nitrogen and oxygen atoms in total. The van der Waals surface area contributed by atoms with Gasteiger partial charge >= 0.3 is 5.97 Å². The van der Waals surface area contributed by atoms with Gasteiger partial charge in [-0.05, 0) is 71.7 Å². The van der Waals surface area contributed by atoms with E-state index in [-0.39, 0.29) is 12.2 Å². The molecule has 0 aliphatic carbocycles. The fourth-order valence-corrected chi connectivity index (χ4v) is 6.56. The first kappa shape index (κ1) is 29.9. The lowest BCUT2D eigenvalue weighted by Gasteiger charge is -2.24. The number of thiazole rings is 1. The number of benzene rings is 4. The Hall–Kier alpha value is -5.15. The molecular weight excluding hydrogens is 588 g/mol. The molecule has 45 heavy (non-hydrogen) atoms. The van der Waals surface area contributed by atoms with Crippen LogP contribution in [0.5, 0.6) is 17.2 Å². The van der Waals surface area contributed by atoms with Gasteiger partial charge in [0.15, 0.2) is 16.3 Å². The number of rotatable bonds is 9. The van der Waals surface area contributed by atoms with Gasteiger partial charge in [-0.1, -0.05) is 72.0 Å². The Kier molecular flexibility index (Phi) is 8.53. The van der Waals surface area contributed by atoms with E-state index in [0.29, 0.717) is 44.5 Å². The van der Waals surface area contributed by atoms with Gasteiger partial charge in [-0.25, -0.2) is 9.79 Å². The van der Waals surface area contributed by atoms with Crippen molar-refractivity contribution in [3.05, 3.63) is 133 Å². The molecule has 5 aromatic rings. The third-order valence-electron chi connectivity index (χ3n) is 7.70. The van der Waals surface area contributed by atoms with E-state index in [4.69, 9.17) is 18.9 Å². The topological polar surface area (TPSA) is 88.4 Å². The predicted molar refractivity (Wildman–Crippen MR) is 175 cm³/mol. The quantitative estimate of drug-likeness (QED) is 0.201. The molecule has 0 bridgehead atoms. The Morgan fingerprint density at radius 3 is 2.49 bits per heavy atom. The van der Waals surface area contributed by atoms with Crippen LogP contribution in [0, 0.1) is 0 Å². The van der Waals surface area contributed by atoms with Crippen LogP contribution in [0.2, 0.25) is 0 Å². The number of carbonyl (C=O) groups excluding carboxylic acids is 1. The van der Waals surface area contributed by atoms with E-state index in [2.05, 4.69) is 29.3 Å². The van der Waals surface area contributed by atoms with Crippen molar-refractivity contribution in [2.75, 3.05) is 20.8 Å². The van der Waals surface area contributed by atoms with E-state index in [1.807, 2.05) is 48.5 Å². The monoisotopic (exact) mass is 620 g/mol. The van der Waals surface area contributed by atoms with E-state index >= 15 is 0 Å². The van der Waals surface area contributed by atoms with Gasteiger partial charge < -0.3 is 18.9 Å². The second-order valence-corrected chi connectivity index (χ2v) is 11.4. The summed E-state index contributed by atoms with van der Waals surface area (Å²) >= 11 is 1.27. The summed E-state index contributed by atoms with van der Waals surface area (Å²) in [7, 11) is 3.18. The number of ether oxygens (including phenoxy) is 4. The molecule has 0 radical (unpaired) electrons. The van der Waals surface area contributed by atoms with Crippen molar-refractivity contribution >= 4 is 34.2 Å². The van der Waals surface area contributed by atoms with Crippen molar-refractivity contribution < 1.29 is 23.7 Å². The smallest absolute Gasteiger partial charge is 0.338 e. The first-order chi connectivity index (χ1) is 21.9. The van der Waals surface area contributed by atoms with Crippen LogP contribution >= 0.6 is 11.3 Å². The number of esters is 1. The molecule has 2 heterocycles. The Morgan fingerprint density at radius 2 is 1.73 bits per heavy atom. The molecule has 228 valence electrons. The average molecular weight is 621 g/mol. The summed E-state index contributed by atoms with van der Waals surface area (Å²) in [5.74, 6) is 1.31. The van der Waals surface area contributed by atoms with Gasteiger partial charge in [0, 0.05) is 0 Å². The average Bonchev–Trinajstić information content (AvgIpc) is 3.36. The van der Waals surface area contributed by atoms with Crippen LogP contribution in [0.1, 0.15) is 36.6 Å². The molecule has 4 aromatic carbocycles. The standard InChI is InChI=1S/C36H32N2O6S/c1-5-43-35(40)32-22(2)37-36-38(33(32)25-14-16-27(41-3)17-15-25)34(39)31(45-36)20-23-13-18-29(30(19-23)42-4)44-21-26-11-8-10-24-9-6-7-12-28(24)26/h6-20,33H,5,21H2,1-4H3/b31-20+. The number of hydrogen-bond acceptors (Lipinski definition) is 8. The maximum absolute atomic E-state index is 14.0. The van der Waals surface area contributed by atoms with Gasteiger partial charge in [-0.15, -0.1) is 0 Å². The first-order valence-electron chi connectivity index (χ1n) is 14.5. The van der Waals surface area contributed by atoms with E-state index in [0.717, 1.165) is 27.5 Å². The van der Waals surface area contributed by atoms with Crippen LogP contribution in [0.4, 0.5) is 0 Å². The zero-order valence-corrected chi connectivity index (χ0v) is 26.2. The molecular formula is C36H32N2O6S. The van der Waals surface area contributed by atoms with E-state index in [9.17, 15) is 9.59 Å². The molecule has 0 amide bonds. The third-order valence-corrected chi connectivity index (χ3v) is 8.68. The van der Waals surface area contributed by atoms with Gasteiger partial charge in [-0.2, -0.15) is 0 Å². The number of allylic oxidation sites excluding steroid dienone is 1. The summed E-state index contributed by atoms with van der Waals surface area (Å²) in [5, 5.41) is 2.29. The fourth-order valence-electron chi connectivity index (χ4n) is 5.51. The van der Waals surface area contributed by atoms with Gasteiger partial charge in [-0.3, -0.25) is 9.36 Å². The molecule has 0 saturated carbocycles. The number of fused-ring (bicyclic) bond motifs is 2. The number of aromatic nitrogens is 1. The summed E-state index contributed by atoms with van der Waals surface area (Å²) in [6.45, 7) is 4.10. The van der Waals surface area contributed by atoms with Crippen molar-refractivity contribution in [1.29, 1.82) is 0 Å². The van der Waals surface area contributed by atoms with E-state index < -0.39 is 12.0 Å². The highest BCUT2D eigenvalue weighted by atomic mass is 32.1. The zero-order valence-electron chi connectivity index (χ0n) is 25.4. The maximum atomic E-state index is 14.0. The normalized spacial score (nSPS) is 14.6. The zero-order chi connectivity index (χ0) is 31.5. The third kappa shape index (κ3) is 5.86. The van der Waals surface area contributed by atoms with Crippen molar-refractivity contribution in [3.63, 3.8) is 0 Å². The minimum atomic E-state index is -0.701. The van der Waals surface area contributed by atoms with Gasteiger partial charge in [0.2, 0.25) is 0 Å². The second kappa shape index (κ2) is 12.8. The highest BCUT2D eigenvalue weighted by Crippen LogP contribution is 2.32. The van der Waals surface area contributed by atoms with Crippen LogP contribution in [0.15, 0.2) is 106 Å². The summed E-state index contributed by atoms with van der Waals surface area (Å²) in [5.41, 5.74) is 3.16. The minimum Gasteiger partial charge on any atom is -0.497 e. The Morgan fingerprint density at radius 1 is 0.956 bits per heavy atom. The fraction of sp³-hybridized carbons (Fsp3) is 0.194. The Balaban J connectivity index is 1.36. The lowest BCUT2D eigenvalue weighted by molar-refractivity contribution is -0.139. The van der Waals surface area contributed by atoms with Crippen LogP contribution in [-0.2, 0) is 16.1 Å². The molecule has 1 atom stereocenters.